The molecule has 264 valence electrons. The molecule has 6 rings (SSSR count). The summed E-state index contributed by atoms with van der Waals surface area (Å²) < 4.78 is 58.8. The first-order valence-electron chi connectivity index (χ1n) is 16.5. The molecule has 8 nitrogen and oxygen atoms in total. The number of nitrogens with one attached hydrogen (secondary N) is 1. The van der Waals surface area contributed by atoms with Crippen molar-refractivity contribution < 1.29 is 26.3 Å². The van der Waals surface area contributed by atoms with Gasteiger partial charge in [0, 0.05) is 23.8 Å². The summed E-state index contributed by atoms with van der Waals surface area (Å²) >= 11 is 0. The van der Waals surface area contributed by atoms with Gasteiger partial charge in [-0.3, -0.25) is 0 Å². The first kappa shape index (κ1) is 38.4. The van der Waals surface area contributed by atoms with Gasteiger partial charge in [0.15, 0.2) is 0 Å². The van der Waals surface area contributed by atoms with Gasteiger partial charge in [-0.2, -0.15) is 0 Å². The Kier molecular flexibility index (Phi) is 15.0. The molecule has 0 amide bonds. The van der Waals surface area contributed by atoms with E-state index < -0.39 is 19.1 Å². The van der Waals surface area contributed by atoms with Crippen LogP contribution in [0.5, 0.6) is 11.5 Å². The molecule has 2 aliphatic heterocycles. The highest BCUT2D eigenvalue weighted by Crippen LogP contribution is 2.35. The van der Waals surface area contributed by atoms with Gasteiger partial charge in [-0.15, -0.1) is 0 Å². The molecular formula is C38H47ClN2O6S2. The zero-order valence-electron chi connectivity index (χ0n) is 28.2. The van der Waals surface area contributed by atoms with Crippen molar-refractivity contribution in [2.75, 3.05) is 40.4 Å². The molecule has 0 bridgehead atoms. The molecule has 2 heterocycles. The third-order valence-electron chi connectivity index (χ3n) is 8.72. The number of sulfonamides is 1. The van der Waals surface area contributed by atoms with Crippen LogP contribution in [-0.4, -0.2) is 61.5 Å². The number of rotatable bonds is 9. The highest BCUT2D eigenvalue weighted by Gasteiger charge is 2.29. The fourth-order valence-corrected chi connectivity index (χ4v) is 8.77. The largest absolute Gasteiger partial charge is 0.496 e. The molecule has 11 heteroatoms. The first-order valence-corrected chi connectivity index (χ1v) is 20.6. The predicted molar refractivity (Wildman–Crippen MR) is 198 cm³/mol. The van der Waals surface area contributed by atoms with Crippen LogP contribution in [0, 0.1) is 0 Å². The van der Waals surface area contributed by atoms with Crippen LogP contribution in [-0.2, 0) is 30.6 Å². The molecule has 2 fully saturated rings. The lowest BCUT2D eigenvalue weighted by Crippen LogP contribution is -2.38. The molecule has 0 aliphatic carbocycles. The third-order valence-corrected chi connectivity index (χ3v) is 11.6. The summed E-state index contributed by atoms with van der Waals surface area (Å²) in [6.45, 7) is 3.39. The fraction of sp³-hybridized carbons (Fsp3) is 0.368. The van der Waals surface area contributed by atoms with E-state index in [0.717, 1.165) is 43.0 Å². The molecule has 2 aliphatic rings. The second-order valence-corrected chi connectivity index (χ2v) is 16.8. The minimum Gasteiger partial charge on any atom is -0.496 e. The molecule has 1 N–H and O–H groups in total. The first-order chi connectivity index (χ1) is 23.6. The van der Waals surface area contributed by atoms with Gasteiger partial charge in [0.2, 0.25) is 19.1 Å². The second kappa shape index (κ2) is 19.1. The topological polar surface area (TPSA) is 102 Å². The molecule has 4 aromatic rings. The Labute approximate surface area is 296 Å². The smallest absolute Gasteiger partial charge is 0.236 e. The van der Waals surface area contributed by atoms with Crippen LogP contribution < -0.4 is 14.8 Å². The minimum absolute atomic E-state index is 0.0766. The summed E-state index contributed by atoms with van der Waals surface area (Å²) in [7, 11) is 1.81. The summed E-state index contributed by atoms with van der Waals surface area (Å²) in [4.78, 5) is 0. The SMILES string of the molecule is COc1ccccc1C1CCN(S(=O)(=O)Cc2ccccc2)CC1.COc1ccccc1C1CCNCC1.O=S(=O)(Cl)Cc1ccccc1. The van der Waals surface area contributed by atoms with Gasteiger partial charge in [0.1, 0.15) is 11.5 Å². The molecule has 0 saturated carbocycles. The maximum absolute atomic E-state index is 12.6. The summed E-state index contributed by atoms with van der Waals surface area (Å²) in [6, 6.07) is 34.6. The number of hydrogen-bond donors (Lipinski definition) is 1. The monoisotopic (exact) mass is 726 g/mol. The standard InChI is InChI=1S/C19H23NO3S.C12H17NO.C7H7ClO2S/c1-23-19-10-6-5-9-18(19)17-11-13-20(14-12-17)24(21,22)15-16-7-3-2-4-8-16;1-14-12-5-3-2-4-11(12)10-6-8-13-9-7-10;8-11(9,10)6-7-4-2-1-3-5-7/h2-10,17H,11-15H2,1H3;2-5,10,13H,6-9H2,1H3;1-5H,6H2. The van der Waals surface area contributed by atoms with E-state index in [1.54, 1.807) is 42.8 Å². The number of ether oxygens (including phenoxy) is 2. The van der Waals surface area contributed by atoms with E-state index in [-0.39, 0.29) is 11.5 Å². The summed E-state index contributed by atoms with van der Waals surface area (Å²) in [5.41, 5.74) is 4.10. The fourth-order valence-electron chi connectivity index (χ4n) is 6.23. The van der Waals surface area contributed by atoms with E-state index in [1.807, 2.05) is 60.7 Å². The van der Waals surface area contributed by atoms with Crippen molar-refractivity contribution in [2.24, 2.45) is 0 Å². The minimum atomic E-state index is -3.40. The van der Waals surface area contributed by atoms with Crippen molar-refractivity contribution in [1.82, 2.24) is 9.62 Å². The average molecular weight is 727 g/mol. The molecule has 0 atom stereocenters. The summed E-state index contributed by atoms with van der Waals surface area (Å²) in [6.07, 6.45) is 4.10. The summed E-state index contributed by atoms with van der Waals surface area (Å²) in [5.74, 6) is 2.93. The lowest BCUT2D eigenvalue weighted by molar-refractivity contribution is 0.313. The van der Waals surface area contributed by atoms with Gasteiger partial charge < -0.3 is 14.8 Å². The van der Waals surface area contributed by atoms with Crippen molar-refractivity contribution in [3.8, 4) is 11.5 Å². The van der Waals surface area contributed by atoms with E-state index in [4.69, 9.17) is 20.2 Å². The Morgan fingerprint density at radius 1 is 0.612 bits per heavy atom. The van der Waals surface area contributed by atoms with E-state index in [0.29, 0.717) is 30.5 Å². The zero-order chi connectivity index (χ0) is 35.1. The van der Waals surface area contributed by atoms with Crippen molar-refractivity contribution in [3.63, 3.8) is 0 Å². The normalized spacial score (nSPS) is 16.0. The van der Waals surface area contributed by atoms with Crippen molar-refractivity contribution in [3.05, 3.63) is 131 Å². The number of hydrogen-bond acceptors (Lipinski definition) is 7. The highest BCUT2D eigenvalue weighted by molar-refractivity contribution is 8.13. The lowest BCUT2D eigenvalue weighted by atomic mass is 9.89. The molecule has 0 aromatic heterocycles. The third kappa shape index (κ3) is 12.5. The number of benzene rings is 4. The van der Waals surface area contributed by atoms with Crippen LogP contribution >= 0.6 is 10.7 Å². The molecule has 0 spiro atoms. The molecule has 4 aromatic carbocycles. The Bertz CT molecular complexity index is 1780. The number of halogens is 1. The van der Waals surface area contributed by atoms with Crippen molar-refractivity contribution in [2.45, 2.75) is 49.0 Å². The van der Waals surface area contributed by atoms with Gasteiger partial charge in [-0.05, 0) is 85.0 Å². The lowest BCUT2D eigenvalue weighted by Gasteiger charge is -2.32. The number of nitrogens with zero attached hydrogens (tertiary/aromatic N) is 1. The number of methoxy groups -OCH3 is 2. The Morgan fingerprint density at radius 2 is 1.02 bits per heavy atom. The van der Waals surface area contributed by atoms with Gasteiger partial charge in [-0.25, -0.2) is 21.1 Å². The van der Waals surface area contributed by atoms with Crippen LogP contribution in [0.15, 0.2) is 109 Å². The zero-order valence-corrected chi connectivity index (χ0v) is 30.6. The van der Waals surface area contributed by atoms with Crippen molar-refractivity contribution >= 4 is 29.8 Å². The van der Waals surface area contributed by atoms with E-state index >= 15 is 0 Å². The maximum atomic E-state index is 12.6. The molecule has 0 radical (unpaired) electrons. The molecule has 2 saturated heterocycles. The van der Waals surface area contributed by atoms with Gasteiger partial charge in [0.25, 0.3) is 0 Å². The van der Waals surface area contributed by atoms with Crippen molar-refractivity contribution in [1.29, 1.82) is 0 Å². The van der Waals surface area contributed by atoms with E-state index in [1.165, 1.54) is 24.0 Å². The van der Waals surface area contributed by atoms with Gasteiger partial charge in [0.05, 0.1) is 25.7 Å². The van der Waals surface area contributed by atoms with Crippen LogP contribution in [0.1, 0.15) is 59.8 Å². The molecule has 49 heavy (non-hydrogen) atoms. The highest BCUT2D eigenvalue weighted by atomic mass is 35.7. The van der Waals surface area contributed by atoms with Crippen LogP contribution in [0.3, 0.4) is 0 Å². The van der Waals surface area contributed by atoms with E-state index in [2.05, 4.69) is 29.6 Å². The second-order valence-electron chi connectivity index (χ2n) is 12.1. The Hall–Kier alpha value is -3.41. The van der Waals surface area contributed by atoms with Gasteiger partial charge >= 0.3 is 0 Å². The number of piperidine rings is 2. The molecule has 0 unspecified atom stereocenters. The van der Waals surface area contributed by atoms with E-state index in [9.17, 15) is 16.8 Å². The quantitative estimate of drug-likeness (QED) is 0.180. The average Bonchev–Trinajstić information content (AvgIpc) is 3.12. The summed E-state index contributed by atoms with van der Waals surface area (Å²) in [5, 5.41) is 3.38. The Balaban J connectivity index is 0.000000183. The molecular weight excluding hydrogens is 680 g/mol. The van der Waals surface area contributed by atoms with Gasteiger partial charge in [-0.1, -0.05) is 97.1 Å². The maximum Gasteiger partial charge on any atom is 0.236 e. The Morgan fingerprint density at radius 3 is 1.47 bits per heavy atom. The number of para-hydroxylation sites is 2. The van der Waals surface area contributed by atoms with Crippen LogP contribution in [0.25, 0.3) is 0 Å². The van der Waals surface area contributed by atoms with Crippen LogP contribution in [0.4, 0.5) is 0 Å². The predicted octanol–water partition coefficient (Wildman–Crippen LogP) is 7.32. The van der Waals surface area contributed by atoms with Crippen LogP contribution in [0.2, 0.25) is 0 Å².